The van der Waals surface area contributed by atoms with Gasteiger partial charge in [-0.15, -0.1) is 0 Å². The number of dihydropyridines is 1. The van der Waals surface area contributed by atoms with Crippen LogP contribution in [0.4, 0.5) is 0 Å². The molecule has 0 amide bonds. The van der Waals surface area contributed by atoms with Crippen molar-refractivity contribution in [2.45, 2.75) is 59.7 Å². The van der Waals surface area contributed by atoms with Crippen LogP contribution in [0.5, 0.6) is 0 Å². The van der Waals surface area contributed by atoms with Gasteiger partial charge in [0.25, 0.3) is 0 Å². The Morgan fingerprint density at radius 3 is 1.97 bits per heavy atom. The van der Waals surface area contributed by atoms with Gasteiger partial charge in [0.2, 0.25) is 0 Å². The van der Waals surface area contributed by atoms with Crippen molar-refractivity contribution in [2.75, 3.05) is 0 Å². The van der Waals surface area contributed by atoms with Crippen molar-refractivity contribution < 1.29 is 19.1 Å². The number of carbonyl (C=O) groups excluding carboxylic acids is 2. The number of benzene rings is 1. The molecule has 2 aromatic rings. The Labute approximate surface area is 177 Å². The third kappa shape index (κ3) is 4.22. The summed E-state index contributed by atoms with van der Waals surface area (Å²) in [4.78, 5) is 30.8. The summed E-state index contributed by atoms with van der Waals surface area (Å²) < 4.78 is 11.1. The number of para-hydroxylation sites is 1. The van der Waals surface area contributed by atoms with Gasteiger partial charge in [0, 0.05) is 23.0 Å². The predicted molar refractivity (Wildman–Crippen MR) is 115 cm³/mol. The minimum atomic E-state index is -0.651. The van der Waals surface area contributed by atoms with Gasteiger partial charge in [-0.25, -0.2) is 9.59 Å². The quantitative estimate of drug-likeness (QED) is 0.740. The van der Waals surface area contributed by atoms with Crippen LogP contribution in [0, 0.1) is 0 Å². The topological polar surface area (TPSA) is 77.5 Å². The number of esters is 2. The van der Waals surface area contributed by atoms with Crippen LogP contribution in [-0.4, -0.2) is 29.1 Å². The maximum atomic E-state index is 13.1. The molecule has 158 valence electrons. The van der Waals surface area contributed by atoms with E-state index in [9.17, 15) is 9.59 Å². The second-order valence-electron chi connectivity index (χ2n) is 7.97. The van der Waals surface area contributed by atoms with Crippen LogP contribution in [0.15, 0.2) is 59.1 Å². The van der Waals surface area contributed by atoms with E-state index >= 15 is 0 Å². The summed E-state index contributed by atoms with van der Waals surface area (Å²) in [6.45, 7) is 10.8. The maximum Gasteiger partial charge on any atom is 0.337 e. The third-order valence-electron chi connectivity index (χ3n) is 4.86. The molecule has 1 N–H and O–H groups in total. The molecule has 6 heteroatoms. The number of allylic oxidation sites excluding steroid dienone is 2. The van der Waals surface area contributed by atoms with Crippen molar-refractivity contribution in [3.8, 4) is 0 Å². The van der Waals surface area contributed by atoms with Gasteiger partial charge in [0.1, 0.15) is 0 Å². The van der Waals surface area contributed by atoms with Crippen molar-refractivity contribution in [3.05, 3.63) is 64.6 Å². The second-order valence-corrected chi connectivity index (χ2v) is 7.97. The van der Waals surface area contributed by atoms with E-state index in [0.29, 0.717) is 22.5 Å². The van der Waals surface area contributed by atoms with Crippen LogP contribution in [-0.2, 0) is 19.1 Å². The molecular formula is C24H28N2O4. The molecule has 30 heavy (non-hydrogen) atoms. The maximum absolute atomic E-state index is 13.1. The molecule has 2 heterocycles. The Kier molecular flexibility index (Phi) is 6.25. The fourth-order valence-corrected chi connectivity index (χ4v) is 3.76. The summed E-state index contributed by atoms with van der Waals surface area (Å²) in [6.07, 6.45) is 1.13. The summed E-state index contributed by atoms with van der Waals surface area (Å²) in [7, 11) is 0. The Hall–Kier alpha value is -3.15. The average Bonchev–Trinajstić information content (AvgIpc) is 2.65. The average molecular weight is 408 g/mol. The minimum absolute atomic E-state index is 0.290. The van der Waals surface area contributed by atoms with Gasteiger partial charge in [0.05, 0.1) is 34.8 Å². The van der Waals surface area contributed by atoms with E-state index in [0.717, 1.165) is 16.5 Å². The van der Waals surface area contributed by atoms with Crippen LogP contribution in [0.25, 0.3) is 10.9 Å². The SMILES string of the molecule is CC1=C(C(=O)OC(C)C)C(c2cccc3cccnc23)C(C(=O)OC(C)C)=C(C)N1. The first-order valence-corrected chi connectivity index (χ1v) is 10.1. The lowest BCUT2D eigenvalue weighted by molar-refractivity contribution is -0.143. The first kappa shape index (κ1) is 21.6. The van der Waals surface area contributed by atoms with Crippen molar-refractivity contribution in [2.24, 2.45) is 0 Å². The number of hydrogen-bond acceptors (Lipinski definition) is 6. The Bertz CT molecular complexity index is 1000. The summed E-state index contributed by atoms with van der Waals surface area (Å²) >= 11 is 0. The van der Waals surface area contributed by atoms with Gasteiger partial charge in [-0.2, -0.15) is 0 Å². The molecule has 0 unspecified atom stereocenters. The van der Waals surface area contributed by atoms with Gasteiger partial charge >= 0.3 is 11.9 Å². The minimum Gasteiger partial charge on any atom is -0.460 e. The molecule has 0 radical (unpaired) electrons. The Morgan fingerprint density at radius 1 is 0.900 bits per heavy atom. The first-order valence-electron chi connectivity index (χ1n) is 10.1. The molecule has 0 bridgehead atoms. The molecule has 0 atom stereocenters. The third-order valence-corrected chi connectivity index (χ3v) is 4.86. The number of nitrogens with zero attached hydrogens (tertiary/aromatic N) is 1. The van der Waals surface area contributed by atoms with E-state index in [-0.39, 0.29) is 12.2 Å². The van der Waals surface area contributed by atoms with Gasteiger partial charge in [-0.1, -0.05) is 24.3 Å². The zero-order valence-corrected chi connectivity index (χ0v) is 18.3. The lowest BCUT2D eigenvalue weighted by Gasteiger charge is -2.31. The van der Waals surface area contributed by atoms with Crippen molar-refractivity contribution in [1.82, 2.24) is 10.3 Å². The summed E-state index contributed by atoms with van der Waals surface area (Å²) in [5, 5.41) is 4.10. The fraction of sp³-hybridized carbons (Fsp3) is 0.375. The molecule has 3 rings (SSSR count). The molecule has 1 aliphatic heterocycles. The fourth-order valence-electron chi connectivity index (χ4n) is 3.76. The summed E-state index contributed by atoms with van der Waals surface area (Å²) in [6, 6.07) is 9.58. The Morgan fingerprint density at radius 2 is 1.43 bits per heavy atom. The second kappa shape index (κ2) is 8.69. The van der Waals surface area contributed by atoms with E-state index in [1.165, 1.54) is 0 Å². The highest BCUT2D eigenvalue weighted by atomic mass is 16.5. The van der Waals surface area contributed by atoms with Crippen molar-refractivity contribution in [3.63, 3.8) is 0 Å². The van der Waals surface area contributed by atoms with Crippen LogP contribution in [0.3, 0.4) is 0 Å². The summed E-state index contributed by atoms with van der Waals surface area (Å²) in [5.74, 6) is -1.58. The smallest absolute Gasteiger partial charge is 0.337 e. The zero-order chi connectivity index (χ0) is 22.0. The Balaban J connectivity index is 2.26. The van der Waals surface area contributed by atoms with Gasteiger partial charge in [-0.05, 0) is 53.2 Å². The highest BCUT2D eigenvalue weighted by Crippen LogP contribution is 2.41. The standard InChI is InChI=1S/C24H28N2O4/c1-13(2)29-23(27)19-15(5)26-16(6)20(24(28)30-14(3)4)21(19)18-11-7-9-17-10-8-12-25-22(17)18/h7-14,21,26H,1-6H3. The largest absolute Gasteiger partial charge is 0.460 e. The highest BCUT2D eigenvalue weighted by molar-refractivity contribution is 6.01. The molecule has 6 nitrogen and oxygen atoms in total. The van der Waals surface area contributed by atoms with E-state index in [1.807, 2.05) is 44.2 Å². The van der Waals surface area contributed by atoms with Crippen molar-refractivity contribution in [1.29, 1.82) is 0 Å². The van der Waals surface area contributed by atoms with Gasteiger partial charge < -0.3 is 14.8 Å². The molecule has 1 aromatic heterocycles. The first-order chi connectivity index (χ1) is 14.2. The number of nitrogens with one attached hydrogen (secondary N) is 1. The number of aromatic nitrogens is 1. The highest BCUT2D eigenvalue weighted by Gasteiger charge is 2.39. The van der Waals surface area contributed by atoms with E-state index in [2.05, 4.69) is 10.3 Å². The molecule has 0 saturated heterocycles. The lowest BCUT2D eigenvalue weighted by atomic mass is 9.79. The van der Waals surface area contributed by atoms with Crippen LogP contribution in [0.1, 0.15) is 53.0 Å². The van der Waals surface area contributed by atoms with Crippen LogP contribution < -0.4 is 5.32 Å². The van der Waals surface area contributed by atoms with Crippen LogP contribution in [0.2, 0.25) is 0 Å². The summed E-state index contributed by atoms with van der Waals surface area (Å²) in [5.41, 5.74) is 3.58. The predicted octanol–water partition coefficient (Wildman–Crippen LogP) is 4.37. The number of hydrogen-bond donors (Lipinski definition) is 1. The molecule has 0 aliphatic carbocycles. The molecule has 1 aliphatic rings. The number of rotatable bonds is 5. The van der Waals surface area contributed by atoms with E-state index in [1.54, 1.807) is 33.9 Å². The van der Waals surface area contributed by atoms with Crippen LogP contribution >= 0.6 is 0 Å². The number of carbonyl (C=O) groups is 2. The van der Waals surface area contributed by atoms with Gasteiger partial charge in [0.15, 0.2) is 0 Å². The molecule has 1 aromatic carbocycles. The monoisotopic (exact) mass is 408 g/mol. The molecule has 0 saturated carbocycles. The van der Waals surface area contributed by atoms with E-state index < -0.39 is 17.9 Å². The molecule has 0 fully saturated rings. The van der Waals surface area contributed by atoms with E-state index in [4.69, 9.17) is 9.47 Å². The lowest BCUT2D eigenvalue weighted by Crippen LogP contribution is -2.33. The molecular weight excluding hydrogens is 380 g/mol. The number of ether oxygens (including phenoxy) is 2. The normalized spacial score (nSPS) is 15.1. The van der Waals surface area contributed by atoms with Crippen molar-refractivity contribution >= 4 is 22.8 Å². The van der Waals surface area contributed by atoms with Gasteiger partial charge in [-0.3, -0.25) is 4.98 Å². The molecule has 0 spiro atoms. The number of pyridine rings is 1. The number of fused-ring (bicyclic) bond motifs is 1. The zero-order valence-electron chi connectivity index (χ0n) is 18.3.